The largest absolute Gasteiger partial charge is 0.465 e. The third kappa shape index (κ3) is 4.13. The summed E-state index contributed by atoms with van der Waals surface area (Å²) in [7, 11) is 1.38. The fraction of sp³-hybridized carbons (Fsp3) is 0.471. The topological polar surface area (TPSA) is 69.5 Å². The summed E-state index contributed by atoms with van der Waals surface area (Å²) in [6.07, 6.45) is 0. The molecule has 7 nitrogen and oxygen atoms in total. The monoisotopic (exact) mass is 362 g/mol. The first-order valence-electron chi connectivity index (χ1n) is 8.29. The average Bonchev–Trinajstić information content (AvgIpc) is 3.09. The summed E-state index contributed by atoms with van der Waals surface area (Å²) in [4.78, 5) is 13.7. The third-order valence-electron chi connectivity index (χ3n) is 4.05. The number of carbonyl (C=O) groups is 1. The zero-order chi connectivity index (χ0) is 17.6. The summed E-state index contributed by atoms with van der Waals surface area (Å²) >= 11 is 1.64. The molecule has 1 aliphatic rings. The van der Waals surface area contributed by atoms with Crippen LogP contribution in [0.4, 0.5) is 5.95 Å². The molecule has 8 heteroatoms. The Labute approximate surface area is 151 Å². The van der Waals surface area contributed by atoms with E-state index in [4.69, 9.17) is 9.47 Å². The molecular formula is C17H22N4O3S. The van der Waals surface area contributed by atoms with E-state index in [0.717, 1.165) is 55.3 Å². The minimum atomic E-state index is -0.319. The Morgan fingerprint density at radius 3 is 2.60 bits per heavy atom. The van der Waals surface area contributed by atoms with Gasteiger partial charge in [-0.3, -0.25) is 4.57 Å². The summed E-state index contributed by atoms with van der Waals surface area (Å²) < 4.78 is 12.3. The highest BCUT2D eigenvalue weighted by molar-refractivity contribution is 7.98. The molecule has 25 heavy (non-hydrogen) atoms. The van der Waals surface area contributed by atoms with Gasteiger partial charge in [-0.15, -0.1) is 10.2 Å². The van der Waals surface area contributed by atoms with Gasteiger partial charge in [0.1, 0.15) is 0 Å². The van der Waals surface area contributed by atoms with Crippen LogP contribution in [-0.4, -0.2) is 54.1 Å². The van der Waals surface area contributed by atoms with Crippen molar-refractivity contribution in [1.29, 1.82) is 0 Å². The van der Waals surface area contributed by atoms with E-state index in [1.54, 1.807) is 23.9 Å². The van der Waals surface area contributed by atoms with Crippen molar-refractivity contribution in [2.75, 3.05) is 38.3 Å². The highest BCUT2D eigenvalue weighted by atomic mass is 32.2. The van der Waals surface area contributed by atoms with Crippen molar-refractivity contribution in [3.63, 3.8) is 0 Å². The Morgan fingerprint density at radius 2 is 1.96 bits per heavy atom. The molecule has 0 N–H and O–H groups in total. The molecule has 0 amide bonds. The van der Waals surface area contributed by atoms with Crippen LogP contribution in [0.3, 0.4) is 0 Å². The molecule has 1 aromatic heterocycles. The van der Waals surface area contributed by atoms with Gasteiger partial charge in [0, 0.05) is 25.4 Å². The van der Waals surface area contributed by atoms with Gasteiger partial charge in [-0.2, -0.15) is 0 Å². The van der Waals surface area contributed by atoms with Crippen molar-refractivity contribution in [3.05, 3.63) is 35.4 Å². The number of rotatable bonds is 6. The lowest BCUT2D eigenvalue weighted by Crippen LogP contribution is -2.38. The first-order valence-corrected chi connectivity index (χ1v) is 9.27. The van der Waals surface area contributed by atoms with Crippen LogP contribution < -0.4 is 4.90 Å². The molecule has 0 atom stereocenters. The molecule has 0 bridgehead atoms. The van der Waals surface area contributed by atoms with E-state index in [-0.39, 0.29) is 5.97 Å². The quantitative estimate of drug-likeness (QED) is 0.576. The Kier molecular flexibility index (Phi) is 5.93. The van der Waals surface area contributed by atoms with Gasteiger partial charge in [-0.25, -0.2) is 4.79 Å². The second-order valence-electron chi connectivity index (χ2n) is 5.60. The minimum Gasteiger partial charge on any atom is -0.465 e. The van der Waals surface area contributed by atoms with E-state index < -0.39 is 0 Å². The molecule has 1 saturated heterocycles. The smallest absolute Gasteiger partial charge is 0.337 e. The lowest BCUT2D eigenvalue weighted by atomic mass is 10.1. The summed E-state index contributed by atoms with van der Waals surface area (Å²) in [6, 6.07) is 7.44. The van der Waals surface area contributed by atoms with Crippen molar-refractivity contribution in [2.24, 2.45) is 0 Å². The van der Waals surface area contributed by atoms with Gasteiger partial charge in [0.05, 0.1) is 25.9 Å². The van der Waals surface area contributed by atoms with Crippen molar-refractivity contribution in [3.8, 4) is 0 Å². The molecule has 2 heterocycles. The highest BCUT2D eigenvalue weighted by Crippen LogP contribution is 2.25. The second kappa shape index (κ2) is 8.35. The molecule has 1 aliphatic heterocycles. The van der Waals surface area contributed by atoms with Gasteiger partial charge in [-0.1, -0.05) is 23.9 Å². The summed E-state index contributed by atoms with van der Waals surface area (Å²) in [5, 5.41) is 9.63. The molecule has 134 valence electrons. The predicted molar refractivity (Wildman–Crippen MR) is 96.1 cm³/mol. The average molecular weight is 362 g/mol. The van der Waals surface area contributed by atoms with Crippen LogP contribution in [0.5, 0.6) is 0 Å². The first-order chi connectivity index (χ1) is 12.2. The molecule has 0 unspecified atom stereocenters. The Bertz CT molecular complexity index is 711. The molecule has 1 fully saturated rings. The van der Waals surface area contributed by atoms with E-state index in [9.17, 15) is 4.79 Å². The van der Waals surface area contributed by atoms with Crippen LogP contribution >= 0.6 is 11.8 Å². The SMILES string of the molecule is CCn1c(SCc2ccc(C(=O)OC)cc2)nnc1N1CCOCC1. The molecule has 2 aromatic rings. The molecular weight excluding hydrogens is 340 g/mol. The van der Waals surface area contributed by atoms with Crippen LogP contribution in [0.2, 0.25) is 0 Å². The molecule has 0 spiro atoms. The fourth-order valence-corrected chi connectivity index (χ4v) is 3.62. The number of carbonyl (C=O) groups excluding carboxylic acids is 1. The van der Waals surface area contributed by atoms with E-state index >= 15 is 0 Å². The van der Waals surface area contributed by atoms with Crippen molar-refractivity contribution < 1.29 is 14.3 Å². The van der Waals surface area contributed by atoms with Crippen LogP contribution in [0.25, 0.3) is 0 Å². The normalized spacial score (nSPS) is 14.6. The molecule has 1 aromatic carbocycles. The van der Waals surface area contributed by atoms with Crippen molar-refractivity contribution in [2.45, 2.75) is 24.4 Å². The number of benzene rings is 1. The molecule has 0 radical (unpaired) electrons. The number of methoxy groups -OCH3 is 1. The van der Waals surface area contributed by atoms with Gasteiger partial charge in [0.2, 0.25) is 5.95 Å². The molecule has 3 rings (SSSR count). The van der Waals surface area contributed by atoms with E-state index in [1.807, 2.05) is 12.1 Å². The van der Waals surface area contributed by atoms with E-state index in [2.05, 4.69) is 26.6 Å². The van der Waals surface area contributed by atoms with Gasteiger partial charge in [0.15, 0.2) is 5.16 Å². The number of hydrogen-bond donors (Lipinski definition) is 0. The fourth-order valence-electron chi connectivity index (χ4n) is 2.66. The maximum absolute atomic E-state index is 11.5. The lowest BCUT2D eigenvalue weighted by molar-refractivity contribution is 0.0600. The second-order valence-corrected chi connectivity index (χ2v) is 6.55. The van der Waals surface area contributed by atoms with E-state index in [0.29, 0.717) is 5.56 Å². The minimum absolute atomic E-state index is 0.319. The van der Waals surface area contributed by atoms with Crippen LogP contribution in [0.1, 0.15) is 22.8 Å². The number of ether oxygens (including phenoxy) is 2. The molecule has 0 aliphatic carbocycles. The zero-order valence-corrected chi connectivity index (χ0v) is 15.3. The van der Waals surface area contributed by atoms with Gasteiger partial charge in [0.25, 0.3) is 0 Å². The van der Waals surface area contributed by atoms with Crippen LogP contribution in [-0.2, 0) is 21.8 Å². The van der Waals surface area contributed by atoms with Crippen LogP contribution in [0, 0.1) is 0 Å². The van der Waals surface area contributed by atoms with Gasteiger partial charge >= 0.3 is 5.97 Å². The Balaban J connectivity index is 1.66. The van der Waals surface area contributed by atoms with E-state index in [1.165, 1.54) is 7.11 Å². The number of nitrogens with zero attached hydrogens (tertiary/aromatic N) is 4. The van der Waals surface area contributed by atoms with Gasteiger partial charge in [-0.05, 0) is 24.6 Å². The standard InChI is InChI=1S/C17H22N4O3S/c1-3-21-16(20-8-10-24-11-9-20)18-19-17(21)25-12-13-4-6-14(7-5-13)15(22)23-2/h4-7H,3,8-12H2,1-2H3. The first kappa shape index (κ1) is 17.8. The van der Waals surface area contributed by atoms with Crippen LogP contribution in [0.15, 0.2) is 29.4 Å². The number of hydrogen-bond acceptors (Lipinski definition) is 7. The number of esters is 1. The summed E-state index contributed by atoms with van der Waals surface area (Å²) in [6.45, 7) is 6.07. The van der Waals surface area contributed by atoms with Crippen molar-refractivity contribution in [1.82, 2.24) is 14.8 Å². The Hall–Kier alpha value is -2.06. The highest BCUT2D eigenvalue weighted by Gasteiger charge is 2.19. The summed E-state index contributed by atoms with van der Waals surface area (Å²) in [5.74, 6) is 1.36. The zero-order valence-electron chi connectivity index (χ0n) is 14.5. The number of aromatic nitrogens is 3. The maximum Gasteiger partial charge on any atom is 0.337 e. The maximum atomic E-state index is 11.5. The van der Waals surface area contributed by atoms with Gasteiger partial charge < -0.3 is 14.4 Å². The molecule has 0 saturated carbocycles. The number of thioether (sulfide) groups is 1. The summed E-state index contributed by atoms with van der Waals surface area (Å²) in [5.41, 5.74) is 1.68. The third-order valence-corrected chi connectivity index (χ3v) is 5.09. The number of morpholine rings is 1. The predicted octanol–water partition coefficient (Wildman–Crippen LogP) is 2.21. The lowest BCUT2D eigenvalue weighted by Gasteiger charge is -2.27. The van der Waals surface area contributed by atoms with Crippen molar-refractivity contribution >= 4 is 23.7 Å². The Morgan fingerprint density at radius 1 is 1.24 bits per heavy atom. The number of anilines is 1.